The first-order chi connectivity index (χ1) is 9.31. The van der Waals surface area contributed by atoms with E-state index in [1.807, 2.05) is 18.7 Å². The van der Waals surface area contributed by atoms with Crippen molar-refractivity contribution in [1.82, 2.24) is 9.78 Å². The zero-order valence-corrected chi connectivity index (χ0v) is 13.4. The Hall–Kier alpha value is -1.61. The molecule has 2 aromatic rings. The predicted octanol–water partition coefficient (Wildman–Crippen LogP) is 3.20. The second-order valence-corrected chi connectivity index (χ2v) is 5.90. The van der Waals surface area contributed by atoms with Gasteiger partial charge in [-0.1, -0.05) is 17.7 Å². The van der Waals surface area contributed by atoms with E-state index in [0.29, 0.717) is 0 Å². The lowest BCUT2D eigenvalue weighted by molar-refractivity contribution is 0.696. The van der Waals surface area contributed by atoms with Gasteiger partial charge in [0.25, 0.3) is 0 Å². The molecule has 0 aliphatic carbocycles. The molecular formula is C17H25N3. The summed E-state index contributed by atoms with van der Waals surface area (Å²) >= 11 is 0. The number of rotatable bonds is 3. The summed E-state index contributed by atoms with van der Waals surface area (Å²) in [4.78, 5) is 0. The van der Waals surface area contributed by atoms with Crippen molar-refractivity contribution in [3.8, 4) is 0 Å². The summed E-state index contributed by atoms with van der Waals surface area (Å²) in [5, 5.41) is 4.47. The van der Waals surface area contributed by atoms with Gasteiger partial charge >= 0.3 is 0 Å². The van der Waals surface area contributed by atoms with Crippen LogP contribution in [0.5, 0.6) is 0 Å². The van der Waals surface area contributed by atoms with Gasteiger partial charge in [0.15, 0.2) is 0 Å². The Morgan fingerprint density at radius 3 is 2.10 bits per heavy atom. The first-order valence-corrected chi connectivity index (χ1v) is 7.13. The summed E-state index contributed by atoms with van der Waals surface area (Å²) in [7, 11) is 1.97. The third kappa shape index (κ3) is 2.63. The van der Waals surface area contributed by atoms with Crippen molar-refractivity contribution in [2.75, 3.05) is 0 Å². The summed E-state index contributed by atoms with van der Waals surface area (Å²) < 4.78 is 1.92. The fourth-order valence-corrected chi connectivity index (χ4v) is 3.18. The number of aryl methyl sites for hydroxylation is 5. The van der Waals surface area contributed by atoms with Gasteiger partial charge in [-0.2, -0.15) is 5.10 Å². The summed E-state index contributed by atoms with van der Waals surface area (Å²) in [5.74, 6) is 0. The lowest BCUT2D eigenvalue weighted by Crippen LogP contribution is -2.16. The van der Waals surface area contributed by atoms with E-state index in [2.05, 4.69) is 44.9 Å². The van der Waals surface area contributed by atoms with Crippen LogP contribution in [0.3, 0.4) is 0 Å². The van der Waals surface area contributed by atoms with E-state index >= 15 is 0 Å². The Morgan fingerprint density at radius 2 is 1.65 bits per heavy atom. The maximum atomic E-state index is 6.46. The van der Waals surface area contributed by atoms with Crippen molar-refractivity contribution in [2.45, 2.75) is 47.1 Å². The van der Waals surface area contributed by atoms with Gasteiger partial charge in [-0.25, -0.2) is 0 Å². The average molecular weight is 271 g/mol. The molecule has 0 fully saturated rings. The van der Waals surface area contributed by atoms with Gasteiger partial charge in [0.05, 0.1) is 5.69 Å². The van der Waals surface area contributed by atoms with E-state index in [0.717, 1.165) is 17.8 Å². The fourth-order valence-electron chi connectivity index (χ4n) is 3.18. The zero-order valence-electron chi connectivity index (χ0n) is 13.4. The molecule has 3 heteroatoms. The van der Waals surface area contributed by atoms with Gasteiger partial charge in [0.1, 0.15) is 0 Å². The van der Waals surface area contributed by atoms with Crippen molar-refractivity contribution < 1.29 is 0 Å². The molecule has 0 saturated heterocycles. The van der Waals surface area contributed by atoms with E-state index in [1.165, 1.54) is 27.8 Å². The highest BCUT2D eigenvalue weighted by Crippen LogP contribution is 2.26. The summed E-state index contributed by atoms with van der Waals surface area (Å²) in [5.41, 5.74) is 15.2. The highest BCUT2D eigenvalue weighted by Gasteiger charge is 2.18. The van der Waals surface area contributed by atoms with E-state index in [4.69, 9.17) is 5.73 Å². The Morgan fingerprint density at radius 1 is 1.10 bits per heavy atom. The summed E-state index contributed by atoms with van der Waals surface area (Å²) in [6, 6.07) is 4.47. The molecule has 0 bridgehead atoms. The van der Waals surface area contributed by atoms with Crippen LogP contribution in [0.1, 0.15) is 45.2 Å². The highest BCUT2D eigenvalue weighted by atomic mass is 15.3. The molecular weight excluding hydrogens is 246 g/mol. The maximum absolute atomic E-state index is 6.46. The Balaban J connectivity index is 2.35. The molecule has 0 amide bonds. The van der Waals surface area contributed by atoms with E-state index in [1.54, 1.807) is 0 Å². The van der Waals surface area contributed by atoms with E-state index < -0.39 is 0 Å². The molecule has 20 heavy (non-hydrogen) atoms. The van der Waals surface area contributed by atoms with Crippen LogP contribution in [-0.4, -0.2) is 9.78 Å². The van der Waals surface area contributed by atoms with E-state index in [-0.39, 0.29) is 6.04 Å². The maximum Gasteiger partial charge on any atom is 0.0644 e. The number of benzene rings is 1. The number of nitrogens with zero attached hydrogens (tertiary/aromatic N) is 2. The second-order valence-electron chi connectivity index (χ2n) is 5.90. The van der Waals surface area contributed by atoms with Crippen LogP contribution in [0.2, 0.25) is 0 Å². The molecule has 2 rings (SSSR count). The molecule has 108 valence electrons. The summed E-state index contributed by atoms with van der Waals surface area (Å²) in [6.45, 7) is 10.6. The molecule has 0 aliphatic heterocycles. The molecule has 1 atom stereocenters. The molecule has 2 N–H and O–H groups in total. The fraction of sp³-hybridized carbons (Fsp3) is 0.471. The van der Waals surface area contributed by atoms with Gasteiger partial charge < -0.3 is 5.73 Å². The monoisotopic (exact) mass is 271 g/mol. The standard InChI is InChI=1S/C17H25N3/c1-10-7-11(2)15(12(3)8-10)9-16(18)17-13(4)19-20(6)14(17)5/h7-8,16H,9,18H2,1-6H3. The minimum atomic E-state index is 0.00352. The van der Waals surface area contributed by atoms with Crippen LogP contribution in [0, 0.1) is 34.6 Å². The molecule has 1 aromatic heterocycles. The molecule has 0 saturated carbocycles. The Bertz CT molecular complexity index is 615. The molecule has 3 nitrogen and oxygen atoms in total. The second kappa shape index (κ2) is 5.41. The van der Waals surface area contributed by atoms with Crippen LogP contribution >= 0.6 is 0 Å². The summed E-state index contributed by atoms with van der Waals surface area (Å²) in [6.07, 6.45) is 0.866. The highest BCUT2D eigenvalue weighted by molar-refractivity contribution is 5.39. The zero-order chi connectivity index (χ0) is 15.0. The van der Waals surface area contributed by atoms with Crippen molar-refractivity contribution >= 4 is 0 Å². The van der Waals surface area contributed by atoms with Crippen LogP contribution in [0.15, 0.2) is 12.1 Å². The molecule has 0 spiro atoms. The van der Waals surface area contributed by atoms with Crippen molar-refractivity contribution in [2.24, 2.45) is 12.8 Å². The Kier molecular flexibility index (Phi) is 4.00. The topological polar surface area (TPSA) is 43.8 Å². The lowest BCUT2D eigenvalue weighted by atomic mass is 9.91. The molecule has 1 aromatic carbocycles. The van der Waals surface area contributed by atoms with Crippen molar-refractivity contribution in [3.05, 3.63) is 51.3 Å². The minimum absolute atomic E-state index is 0.00352. The predicted molar refractivity (Wildman–Crippen MR) is 84.0 cm³/mol. The van der Waals surface area contributed by atoms with Crippen LogP contribution in [0.4, 0.5) is 0 Å². The smallest absolute Gasteiger partial charge is 0.0644 e. The van der Waals surface area contributed by atoms with Crippen molar-refractivity contribution in [1.29, 1.82) is 0 Å². The van der Waals surface area contributed by atoms with Gasteiger partial charge in [0.2, 0.25) is 0 Å². The first-order valence-electron chi connectivity index (χ1n) is 7.13. The Labute approximate surface area is 121 Å². The normalized spacial score (nSPS) is 12.8. The lowest BCUT2D eigenvalue weighted by Gasteiger charge is -2.17. The van der Waals surface area contributed by atoms with Crippen molar-refractivity contribution in [3.63, 3.8) is 0 Å². The van der Waals surface area contributed by atoms with Gasteiger partial charge in [-0.15, -0.1) is 0 Å². The quantitative estimate of drug-likeness (QED) is 0.931. The number of hydrogen-bond acceptors (Lipinski definition) is 2. The SMILES string of the molecule is Cc1cc(C)c(CC(N)c2c(C)nn(C)c2C)c(C)c1. The van der Waals surface area contributed by atoms with Crippen LogP contribution in [0.25, 0.3) is 0 Å². The molecule has 1 unspecified atom stereocenters. The van der Waals surface area contributed by atoms with E-state index in [9.17, 15) is 0 Å². The molecule has 0 aliphatic rings. The molecule has 1 heterocycles. The third-order valence-corrected chi connectivity index (χ3v) is 4.20. The largest absolute Gasteiger partial charge is 0.324 e. The van der Waals surface area contributed by atoms with Gasteiger partial charge in [0, 0.05) is 24.3 Å². The van der Waals surface area contributed by atoms with Gasteiger partial charge in [-0.3, -0.25) is 4.68 Å². The number of aromatic nitrogens is 2. The average Bonchev–Trinajstić information content (AvgIpc) is 2.58. The number of nitrogens with two attached hydrogens (primary N) is 1. The third-order valence-electron chi connectivity index (χ3n) is 4.20. The number of hydrogen-bond donors (Lipinski definition) is 1. The van der Waals surface area contributed by atoms with Crippen LogP contribution in [-0.2, 0) is 13.5 Å². The van der Waals surface area contributed by atoms with Gasteiger partial charge in [-0.05, 0) is 57.7 Å². The van der Waals surface area contributed by atoms with Crippen LogP contribution < -0.4 is 5.73 Å². The molecule has 0 radical (unpaired) electrons. The first kappa shape index (κ1) is 14.8. The minimum Gasteiger partial charge on any atom is -0.324 e.